The molecule has 1 aromatic carbocycles. The second-order valence-corrected chi connectivity index (χ2v) is 5.99. The summed E-state index contributed by atoms with van der Waals surface area (Å²) in [4.78, 5) is 2.35. The van der Waals surface area contributed by atoms with Crippen LogP contribution >= 0.6 is 15.9 Å². The first-order chi connectivity index (χ1) is 7.95. The van der Waals surface area contributed by atoms with Gasteiger partial charge in [0, 0.05) is 28.3 Å². The van der Waals surface area contributed by atoms with Gasteiger partial charge >= 0.3 is 0 Å². The molecule has 0 spiro atoms. The van der Waals surface area contributed by atoms with Gasteiger partial charge in [0.2, 0.25) is 0 Å². The molecule has 0 saturated carbocycles. The minimum absolute atomic E-state index is 0.0795. The standard InChI is InChI=1S/C14H22BrNO/c1-10(2)8-16(11(3)4)14-6-5-13(15)7-12(14)9-17/h5-7,10-11,17H,8-9H2,1-4H3. The normalized spacial score (nSPS) is 11.3. The lowest BCUT2D eigenvalue weighted by molar-refractivity contribution is 0.281. The maximum Gasteiger partial charge on any atom is 0.0702 e. The number of hydrogen-bond donors (Lipinski definition) is 1. The van der Waals surface area contributed by atoms with Crippen molar-refractivity contribution >= 4 is 21.6 Å². The quantitative estimate of drug-likeness (QED) is 0.894. The molecule has 3 heteroatoms. The Morgan fingerprint density at radius 1 is 1.24 bits per heavy atom. The second kappa shape index (κ2) is 6.41. The second-order valence-electron chi connectivity index (χ2n) is 5.07. The van der Waals surface area contributed by atoms with Crippen molar-refractivity contribution in [2.75, 3.05) is 11.4 Å². The number of hydrogen-bond acceptors (Lipinski definition) is 2. The summed E-state index contributed by atoms with van der Waals surface area (Å²) < 4.78 is 1.01. The van der Waals surface area contributed by atoms with E-state index in [1.807, 2.05) is 12.1 Å². The molecule has 0 aromatic heterocycles. The van der Waals surface area contributed by atoms with Crippen LogP contribution in [0, 0.1) is 5.92 Å². The van der Waals surface area contributed by atoms with Crippen molar-refractivity contribution in [2.24, 2.45) is 5.92 Å². The summed E-state index contributed by atoms with van der Waals surface area (Å²) in [6, 6.07) is 6.54. The van der Waals surface area contributed by atoms with Gasteiger partial charge in [0.05, 0.1) is 6.61 Å². The van der Waals surface area contributed by atoms with Gasteiger partial charge in [-0.1, -0.05) is 29.8 Å². The van der Waals surface area contributed by atoms with Crippen molar-refractivity contribution < 1.29 is 5.11 Å². The highest BCUT2D eigenvalue weighted by Crippen LogP contribution is 2.27. The molecule has 0 aliphatic heterocycles. The average molecular weight is 300 g/mol. The summed E-state index contributed by atoms with van der Waals surface area (Å²) in [6.45, 7) is 9.89. The lowest BCUT2D eigenvalue weighted by Crippen LogP contribution is -2.34. The van der Waals surface area contributed by atoms with Crippen LogP contribution in [0.25, 0.3) is 0 Å². The molecule has 0 bridgehead atoms. The fourth-order valence-corrected chi connectivity index (χ4v) is 2.35. The molecule has 1 rings (SSSR count). The van der Waals surface area contributed by atoms with E-state index < -0.39 is 0 Å². The molecule has 0 saturated heterocycles. The van der Waals surface area contributed by atoms with E-state index in [0.717, 1.165) is 22.3 Å². The Balaban J connectivity index is 3.08. The number of benzene rings is 1. The third-order valence-corrected chi connectivity index (χ3v) is 3.20. The molecule has 0 radical (unpaired) electrons. The molecule has 0 fully saturated rings. The molecule has 0 aliphatic rings. The highest BCUT2D eigenvalue weighted by molar-refractivity contribution is 9.10. The van der Waals surface area contributed by atoms with E-state index in [2.05, 4.69) is 54.6 Å². The minimum atomic E-state index is 0.0795. The highest BCUT2D eigenvalue weighted by Gasteiger charge is 2.15. The van der Waals surface area contributed by atoms with E-state index in [9.17, 15) is 5.11 Å². The zero-order valence-electron chi connectivity index (χ0n) is 11.1. The van der Waals surface area contributed by atoms with Crippen LogP contribution in [0.15, 0.2) is 22.7 Å². The molecule has 0 atom stereocenters. The van der Waals surface area contributed by atoms with Gasteiger partial charge in [-0.25, -0.2) is 0 Å². The zero-order chi connectivity index (χ0) is 13.0. The van der Waals surface area contributed by atoms with Crippen LogP contribution in [-0.2, 0) is 6.61 Å². The molecule has 1 N–H and O–H groups in total. The molecule has 0 heterocycles. The van der Waals surface area contributed by atoms with Gasteiger partial charge in [-0.05, 0) is 38.0 Å². The van der Waals surface area contributed by atoms with Gasteiger partial charge in [-0.3, -0.25) is 0 Å². The van der Waals surface area contributed by atoms with Gasteiger partial charge in [0.1, 0.15) is 0 Å². The van der Waals surface area contributed by atoms with Crippen LogP contribution in [0.3, 0.4) is 0 Å². The number of aliphatic hydroxyl groups is 1. The van der Waals surface area contributed by atoms with Crippen LogP contribution in [0.4, 0.5) is 5.69 Å². The molecule has 0 amide bonds. The molecule has 2 nitrogen and oxygen atoms in total. The van der Waals surface area contributed by atoms with Gasteiger partial charge < -0.3 is 10.0 Å². The molecule has 0 unspecified atom stereocenters. The topological polar surface area (TPSA) is 23.5 Å². The highest BCUT2D eigenvalue weighted by atomic mass is 79.9. The SMILES string of the molecule is CC(C)CN(c1ccc(Br)cc1CO)C(C)C. The molecule has 96 valence electrons. The van der Waals surface area contributed by atoms with Crippen molar-refractivity contribution in [3.63, 3.8) is 0 Å². The van der Waals surface area contributed by atoms with Gasteiger partial charge in [0.15, 0.2) is 0 Å². The van der Waals surface area contributed by atoms with Gasteiger partial charge in [-0.2, -0.15) is 0 Å². The molecule has 0 aliphatic carbocycles. The maximum atomic E-state index is 9.46. The first-order valence-electron chi connectivity index (χ1n) is 6.11. The predicted octanol–water partition coefficient (Wildman–Crippen LogP) is 3.81. The number of rotatable bonds is 5. The molecular weight excluding hydrogens is 278 g/mol. The van der Waals surface area contributed by atoms with Gasteiger partial charge in [-0.15, -0.1) is 0 Å². The van der Waals surface area contributed by atoms with E-state index in [0.29, 0.717) is 12.0 Å². The first kappa shape index (κ1) is 14.5. The van der Waals surface area contributed by atoms with Crippen LogP contribution in [0.2, 0.25) is 0 Å². The van der Waals surface area contributed by atoms with Crippen LogP contribution in [-0.4, -0.2) is 17.7 Å². The molecule has 17 heavy (non-hydrogen) atoms. The lowest BCUT2D eigenvalue weighted by atomic mass is 10.1. The Labute approximate surface area is 113 Å². The fraction of sp³-hybridized carbons (Fsp3) is 0.571. The smallest absolute Gasteiger partial charge is 0.0702 e. The zero-order valence-corrected chi connectivity index (χ0v) is 12.7. The number of halogens is 1. The van der Waals surface area contributed by atoms with Crippen LogP contribution in [0.1, 0.15) is 33.3 Å². The summed E-state index contributed by atoms with van der Waals surface area (Å²) in [5, 5.41) is 9.46. The van der Waals surface area contributed by atoms with Crippen molar-refractivity contribution in [3.05, 3.63) is 28.2 Å². The Bertz CT molecular complexity index is 363. The lowest BCUT2D eigenvalue weighted by Gasteiger charge is -2.32. The summed E-state index contributed by atoms with van der Waals surface area (Å²) in [7, 11) is 0. The monoisotopic (exact) mass is 299 g/mol. The van der Waals surface area contributed by atoms with E-state index in [1.54, 1.807) is 0 Å². The predicted molar refractivity (Wildman–Crippen MR) is 77.4 cm³/mol. The van der Waals surface area contributed by atoms with Crippen molar-refractivity contribution in [1.29, 1.82) is 0 Å². The third kappa shape index (κ3) is 4.00. The number of anilines is 1. The first-order valence-corrected chi connectivity index (χ1v) is 6.91. The van der Waals surface area contributed by atoms with Crippen molar-refractivity contribution in [2.45, 2.75) is 40.3 Å². The largest absolute Gasteiger partial charge is 0.392 e. The Morgan fingerprint density at radius 2 is 1.88 bits per heavy atom. The summed E-state index contributed by atoms with van der Waals surface area (Å²) in [6.07, 6.45) is 0. The summed E-state index contributed by atoms with van der Waals surface area (Å²) >= 11 is 3.44. The van der Waals surface area contributed by atoms with Crippen LogP contribution in [0.5, 0.6) is 0 Å². The van der Waals surface area contributed by atoms with E-state index >= 15 is 0 Å². The Kier molecular flexibility index (Phi) is 5.47. The maximum absolute atomic E-state index is 9.46. The molecular formula is C14H22BrNO. The number of aliphatic hydroxyl groups excluding tert-OH is 1. The van der Waals surface area contributed by atoms with Gasteiger partial charge in [0.25, 0.3) is 0 Å². The summed E-state index contributed by atoms with van der Waals surface area (Å²) in [5.74, 6) is 0.604. The van der Waals surface area contributed by atoms with Crippen molar-refractivity contribution in [1.82, 2.24) is 0 Å². The van der Waals surface area contributed by atoms with Crippen LogP contribution < -0.4 is 4.90 Å². The third-order valence-electron chi connectivity index (χ3n) is 2.71. The minimum Gasteiger partial charge on any atom is -0.392 e. The van der Waals surface area contributed by atoms with E-state index in [4.69, 9.17) is 0 Å². The summed E-state index contributed by atoms with van der Waals surface area (Å²) in [5.41, 5.74) is 2.12. The number of nitrogens with zero attached hydrogens (tertiary/aromatic N) is 1. The average Bonchev–Trinajstić information content (AvgIpc) is 2.25. The fourth-order valence-electron chi connectivity index (χ4n) is 1.94. The van der Waals surface area contributed by atoms with E-state index in [-0.39, 0.29) is 6.61 Å². The van der Waals surface area contributed by atoms with Crippen molar-refractivity contribution in [3.8, 4) is 0 Å². The molecule has 1 aromatic rings. The Morgan fingerprint density at radius 3 is 2.35 bits per heavy atom. The van der Waals surface area contributed by atoms with E-state index in [1.165, 1.54) is 0 Å². The Hall–Kier alpha value is -0.540.